The van der Waals surface area contributed by atoms with E-state index in [1.807, 2.05) is 28.9 Å². The predicted octanol–water partition coefficient (Wildman–Crippen LogP) is 0.848. The number of anilines is 1. The third-order valence-corrected chi connectivity index (χ3v) is 5.36. The molecule has 9 nitrogen and oxygen atoms in total. The summed E-state index contributed by atoms with van der Waals surface area (Å²) in [5.74, 6) is 0.308. The van der Waals surface area contributed by atoms with Crippen LogP contribution in [-0.4, -0.2) is 69.3 Å². The van der Waals surface area contributed by atoms with Crippen LogP contribution in [0.1, 0.15) is 5.56 Å². The van der Waals surface area contributed by atoms with Crippen molar-refractivity contribution in [3.63, 3.8) is 0 Å². The van der Waals surface area contributed by atoms with Crippen molar-refractivity contribution < 1.29 is 0 Å². The number of rotatable bonds is 6. The number of hydrogen-bond donors (Lipinski definition) is 3. The number of fused-ring (bicyclic) bond motifs is 1. The van der Waals surface area contributed by atoms with Crippen LogP contribution in [-0.2, 0) is 13.1 Å². The number of halogens is 1. The molecule has 0 unspecified atom stereocenters. The van der Waals surface area contributed by atoms with E-state index in [0.717, 1.165) is 55.9 Å². The Labute approximate surface area is 174 Å². The second kappa shape index (κ2) is 8.81. The lowest BCUT2D eigenvalue weighted by atomic mass is 10.2. The second-order valence-electron chi connectivity index (χ2n) is 7.30. The zero-order chi connectivity index (χ0) is 20.2. The summed E-state index contributed by atoms with van der Waals surface area (Å²) < 4.78 is 1.90. The standard InChI is InChI=1S/C19H26ClN9/c1-27-5-7-28(8-6-27)9-10-29-18-16(13-23-29)17(24-19(21)25-18)26-22-12-14-3-2-4-15(20)11-14/h2-4,11,13,22H,5-10,12H2,1H3,(H3,21,24,25,26). The van der Waals surface area contributed by atoms with Gasteiger partial charge in [-0.05, 0) is 24.7 Å². The van der Waals surface area contributed by atoms with Gasteiger partial charge >= 0.3 is 0 Å². The molecule has 1 aliphatic heterocycles. The first-order valence-corrected chi connectivity index (χ1v) is 10.1. The molecule has 0 spiro atoms. The molecular formula is C19H26ClN9. The van der Waals surface area contributed by atoms with Gasteiger partial charge < -0.3 is 21.0 Å². The molecule has 3 heterocycles. The Kier molecular flexibility index (Phi) is 5.98. The SMILES string of the molecule is CN1CCN(CCn2ncc3/c(=N/NCc4cccc(Cl)c4)[nH]c(N)nc32)CC1. The highest BCUT2D eigenvalue weighted by Gasteiger charge is 2.15. The molecule has 4 rings (SSSR count). The highest BCUT2D eigenvalue weighted by molar-refractivity contribution is 6.30. The van der Waals surface area contributed by atoms with Crippen LogP contribution in [0, 0.1) is 0 Å². The van der Waals surface area contributed by atoms with E-state index >= 15 is 0 Å². The normalized spacial score (nSPS) is 16.6. The molecule has 3 aromatic rings. The molecular weight excluding hydrogens is 390 g/mol. The van der Waals surface area contributed by atoms with Crippen LogP contribution in [0.3, 0.4) is 0 Å². The van der Waals surface area contributed by atoms with Crippen molar-refractivity contribution in [1.29, 1.82) is 0 Å². The Morgan fingerprint density at radius 2 is 2.07 bits per heavy atom. The van der Waals surface area contributed by atoms with Crippen molar-refractivity contribution in [3.8, 4) is 0 Å². The zero-order valence-corrected chi connectivity index (χ0v) is 17.2. The molecule has 4 N–H and O–H groups in total. The molecule has 154 valence electrons. The van der Waals surface area contributed by atoms with Gasteiger partial charge in [-0.25, -0.2) is 4.68 Å². The highest BCUT2D eigenvalue weighted by Crippen LogP contribution is 2.10. The predicted molar refractivity (Wildman–Crippen MR) is 114 cm³/mol. The number of benzene rings is 1. The molecule has 29 heavy (non-hydrogen) atoms. The summed E-state index contributed by atoms with van der Waals surface area (Å²) in [7, 11) is 2.16. The highest BCUT2D eigenvalue weighted by atomic mass is 35.5. The Bertz CT molecular complexity index is 1030. The fourth-order valence-electron chi connectivity index (χ4n) is 3.41. The minimum Gasteiger partial charge on any atom is -0.369 e. The van der Waals surface area contributed by atoms with Crippen LogP contribution in [0.15, 0.2) is 35.6 Å². The summed E-state index contributed by atoms with van der Waals surface area (Å²) in [5.41, 5.74) is 11.4. The number of nitrogens with zero attached hydrogens (tertiary/aromatic N) is 6. The summed E-state index contributed by atoms with van der Waals surface area (Å²) >= 11 is 6.03. The molecule has 0 saturated carbocycles. The number of H-pyrrole nitrogens is 1. The van der Waals surface area contributed by atoms with Gasteiger partial charge in [0.25, 0.3) is 0 Å². The molecule has 1 aliphatic rings. The molecule has 1 saturated heterocycles. The minimum atomic E-state index is 0.308. The first-order valence-electron chi connectivity index (χ1n) is 9.72. The molecule has 1 fully saturated rings. The van der Waals surface area contributed by atoms with Crippen LogP contribution in [0.2, 0.25) is 5.02 Å². The lowest BCUT2D eigenvalue weighted by molar-refractivity contribution is 0.149. The van der Waals surface area contributed by atoms with Crippen molar-refractivity contribution in [2.75, 3.05) is 45.5 Å². The van der Waals surface area contributed by atoms with Crippen molar-refractivity contribution in [3.05, 3.63) is 46.5 Å². The van der Waals surface area contributed by atoms with Crippen LogP contribution < -0.4 is 16.6 Å². The maximum atomic E-state index is 6.03. The van der Waals surface area contributed by atoms with E-state index in [0.29, 0.717) is 23.0 Å². The number of likely N-dealkylation sites (N-methyl/N-ethyl adjacent to an activating group) is 1. The van der Waals surface area contributed by atoms with E-state index in [9.17, 15) is 0 Å². The Hall–Kier alpha value is -2.62. The number of nitrogens with one attached hydrogen (secondary N) is 2. The van der Waals surface area contributed by atoms with Gasteiger partial charge in [0.1, 0.15) is 0 Å². The summed E-state index contributed by atoms with van der Waals surface area (Å²) in [4.78, 5) is 12.3. The van der Waals surface area contributed by atoms with E-state index in [1.54, 1.807) is 6.20 Å². The fourth-order valence-corrected chi connectivity index (χ4v) is 3.62. The Balaban J connectivity index is 1.48. The third-order valence-electron chi connectivity index (χ3n) is 5.13. The van der Waals surface area contributed by atoms with Gasteiger partial charge in [0.2, 0.25) is 5.95 Å². The molecule has 2 aromatic heterocycles. The molecule has 10 heteroatoms. The van der Waals surface area contributed by atoms with Gasteiger partial charge in [0, 0.05) is 37.7 Å². The van der Waals surface area contributed by atoms with Crippen LogP contribution >= 0.6 is 11.6 Å². The lowest BCUT2D eigenvalue weighted by Gasteiger charge is -2.32. The number of nitrogen functional groups attached to an aromatic ring is 1. The monoisotopic (exact) mass is 415 g/mol. The molecule has 0 aliphatic carbocycles. The number of aromatic amines is 1. The van der Waals surface area contributed by atoms with Crippen molar-refractivity contribution in [1.82, 2.24) is 35.0 Å². The quantitative estimate of drug-likeness (QED) is 0.516. The molecule has 1 aromatic carbocycles. The van der Waals surface area contributed by atoms with Gasteiger partial charge in [0.15, 0.2) is 11.1 Å². The smallest absolute Gasteiger partial charge is 0.201 e. The average molecular weight is 416 g/mol. The van der Waals surface area contributed by atoms with Crippen LogP contribution in [0.4, 0.5) is 5.95 Å². The van der Waals surface area contributed by atoms with Crippen LogP contribution in [0.5, 0.6) is 0 Å². The molecule has 0 radical (unpaired) electrons. The maximum Gasteiger partial charge on any atom is 0.201 e. The third kappa shape index (κ3) is 4.87. The summed E-state index contributed by atoms with van der Waals surface area (Å²) in [6, 6.07) is 7.66. The second-order valence-corrected chi connectivity index (χ2v) is 7.73. The van der Waals surface area contributed by atoms with Crippen molar-refractivity contribution in [2.45, 2.75) is 13.1 Å². The topological polar surface area (TPSA) is 103 Å². The number of nitrogens with two attached hydrogens (primary N) is 1. The summed E-state index contributed by atoms with van der Waals surface area (Å²) in [6.07, 6.45) is 1.78. The van der Waals surface area contributed by atoms with Gasteiger partial charge in [-0.2, -0.15) is 15.2 Å². The van der Waals surface area contributed by atoms with Crippen LogP contribution in [0.25, 0.3) is 11.0 Å². The number of piperazine rings is 1. The summed E-state index contributed by atoms with van der Waals surface area (Å²) in [6.45, 7) is 6.60. The molecule has 0 atom stereocenters. The minimum absolute atomic E-state index is 0.308. The van der Waals surface area contributed by atoms with E-state index < -0.39 is 0 Å². The number of hydrogen-bond acceptors (Lipinski definition) is 7. The Morgan fingerprint density at radius 1 is 1.24 bits per heavy atom. The number of aromatic nitrogens is 4. The lowest BCUT2D eigenvalue weighted by Crippen LogP contribution is -2.45. The van der Waals surface area contributed by atoms with Crippen molar-refractivity contribution in [2.24, 2.45) is 5.10 Å². The molecule has 0 amide bonds. The average Bonchev–Trinajstić information content (AvgIpc) is 3.10. The Morgan fingerprint density at radius 3 is 2.86 bits per heavy atom. The first-order chi connectivity index (χ1) is 14.1. The van der Waals surface area contributed by atoms with E-state index in [2.05, 4.69) is 42.4 Å². The fraction of sp³-hybridized carbons (Fsp3) is 0.421. The van der Waals surface area contributed by atoms with E-state index in [-0.39, 0.29) is 0 Å². The zero-order valence-electron chi connectivity index (χ0n) is 16.5. The largest absolute Gasteiger partial charge is 0.369 e. The maximum absolute atomic E-state index is 6.03. The van der Waals surface area contributed by atoms with Crippen molar-refractivity contribution >= 4 is 28.6 Å². The van der Waals surface area contributed by atoms with Gasteiger partial charge in [-0.15, -0.1) is 0 Å². The first kappa shape index (κ1) is 19.7. The van der Waals surface area contributed by atoms with E-state index in [4.69, 9.17) is 17.3 Å². The van der Waals surface area contributed by atoms with Gasteiger partial charge in [0.05, 0.1) is 24.7 Å². The molecule has 0 bridgehead atoms. The summed E-state index contributed by atoms with van der Waals surface area (Å²) in [5, 5.41) is 10.5. The van der Waals surface area contributed by atoms with Gasteiger partial charge in [-0.3, -0.25) is 4.90 Å². The van der Waals surface area contributed by atoms with E-state index in [1.165, 1.54) is 0 Å². The van der Waals surface area contributed by atoms with Gasteiger partial charge in [-0.1, -0.05) is 23.7 Å².